The minimum atomic E-state index is -0.874. The van der Waals surface area contributed by atoms with Crippen molar-refractivity contribution in [2.45, 2.75) is 0 Å². The van der Waals surface area contributed by atoms with E-state index in [1.807, 2.05) is 42.5 Å². The van der Waals surface area contributed by atoms with Gasteiger partial charge in [0.2, 0.25) is 0 Å². The van der Waals surface area contributed by atoms with Crippen LogP contribution >= 0.6 is 0 Å². The van der Waals surface area contributed by atoms with Crippen LogP contribution in [0.4, 0.5) is 0 Å². The van der Waals surface area contributed by atoms with E-state index in [1.54, 1.807) is 6.08 Å². The second-order valence-corrected chi connectivity index (χ2v) is 4.54. The first kappa shape index (κ1) is 13.1. The third kappa shape index (κ3) is 2.43. The maximum absolute atomic E-state index is 11.4. The van der Waals surface area contributed by atoms with Crippen LogP contribution in [0.15, 0.2) is 53.0 Å². The van der Waals surface area contributed by atoms with Gasteiger partial charge in [-0.05, 0) is 29.8 Å². The van der Waals surface area contributed by atoms with Crippen molar-refractivity contribution < 1.29 is 18.7 Å². The molecule has 0 saturated carbocycles. The van der Waals surface area contributed by atoms with E-state index in [0.29, 0.717) is 0 Å². The summed E-state index contributed by atoms with van der Waals surface area (Å²) in [7, 11) is 1.18. The Hall–Kier alpha value is -2.88. The number of carbonyl (C=O) groups is 2. The fourth-order valence-electron chi connectivity index (χ4n) is 2.19. The number of carbonyl (C=O) groups excluding carboxylic acids is 2. The van der Waals surface area contributed by atoms with Gasteiger partial charge in [-0.25, -0.2) is 4.79 Å². The molecule has 104 valence electrons. The minimum absolute atomic E-state index is 0.686. The van der Waals surface area contributed by atoms with E-state index in [1.165, 1.54) is 13.2 Å². The summed E-state index contributed by atoms with van der Waals surface area (Å²) in [4.78, 5) is 22.4. The van der Waals surface area contributed by atoms with Gasteiger partial charge in [-0.3, -0.25) is 4.79 Å². The van der Waals surface area contributed by atoms with E-state index in [2.05, 4.69) is 4.74 Å². The average molecular weight is 280 g/mol. The highest BCUT2D eigenvalue weighted by molar-refractivity contribution is 6.39. The van der Waals surface area contributed by atoms with Gasteiger partial charge in [0.1, 0.15) is 11.2 Å². The fourth-order valence-corrected chi connectivity index (χ4v) is 2.19. The average Bonchev–Trinajstić information content (AvgIpc) is 2.89. The maximum Gasteiger partial charge on any atom is 0.378 e. The molecule has 0 amide bonds. The molecule has 0 N–H and O–H groups in total. The number of fused-ring (bicyclic) bond motifs is 3. The summed E-state index contributed by atoms with van der Waals surface area (Å²) in [6.45, 7) is 0. The summed E-state index contributed by atoms with van der Waals surface area (Å²) in [5.74, 6) is -1.56. The number of furan rings is 1. The van der Waals surface area contributed by atoms with Crippen molar-refractivity contribution in [3.63, 3.8) is 0 Å². The summed E-state index contributed by atoms with van der Waals surface area (Å²) in [5.41, 5.74) is 2.42. The van der Waals surface area contributed by atoms with Gasteiger partial charge in [0, 0.05) is 10.8 Å². The van der Waals surface area contributed by atoms with Crippen molar-refractivity contribution in [3.05, 3.63) is 54.1 Å². The number of rotatable bonds is 3. The third-order valence-electron chi connectivity index (χ3n) is 3.21. The van der Waals surface area contributed by atoms with Crippen molar-refractivity contribution in [3.8, 4) is 0 Å². The van der Waals surface area contributed by atoms with Crippen LogP contribution in [0.2, 0.25) is 0 Å². The Balaban J connectivity index is 2.01. The SMILES string of the molecule is COC(=O)C(=O)/C=C/c1ccc2oc3ccccc3c2c1. The highest BCUT2D eigenvalue weighted by Crippen LogP contribution is 2.29. The van der Waals surface area contributed by atoms with Crippen LogP contribution in [-0.4, -0.2) is 18.9 Å². The molecule has 0 atom stereocenters. The molecule has 3 rings (SSSR count). The van der Waals surface area contributed by atoms with E-state index in [-0.39, 0.29) is 0 Å². The van der Waals surface area contributed by atoms with Crippen LogP contribution in [0.5, 0.6) is 0 Å². The summed E-state index contributed by atoms with van der Waals surface area (Å²) in [5, 5.41) is 1.99. The molecule has 0 aliphatic heterocycles. The van der Waals surface area contributed by atoms with Gasteiger partial charge in [0.15, 0.2) is 0 Å². The molecule has 0 saturated heterocycles. The van der Waals surface area contributed by atoms with Crippen molar-refractivity contribution in [1.29, 1.82) is 0 Å². The van der Waals surface area contributed by atoms with Crippen molar-refractivity contribution in [2.75, 3.05) is 7.11 Å². The Labute approximate surface area is 120 Å². The van der Waals surface area contributed by atoms with Crippen LogP contribution < -0.4 is 0 Å². The van der Waals surface area contributed by atoms with Gasteiger partial charge in [0.25, 0.3) is 5.78 Å². The van der Waals surface area contributed by atoms with Crippen molar-refractivity contribution in [2.24, 2.45) is 0 Å². The molecule has 1 aromatic heterocycles. The highest BCUT2D eigenvalue weighted by Gasteiger charge is 2.09. The van der Waals surface area contributed by atoms with E-state index < -0.39 is 11.8 Å². The second-order valence-electron chi connectivity index (χ2n) is 4.54. The molecule has 3 aromatic rings. The summed E-state index contributed by atoms with van der Waals surface area (Å²) >= 11 is 0. The maximum atomic E-state index is 11.4. The Bertz CT molecular complexity index is 871. The lowest BCUT2D eigenvalue weighted by Gasteiger charge is -1.95. The number of para-hydroxylation sites is 1. The molecular weight excluding hydrogens is 268 g/mol. The zero-order valence-electron chi connectivity index (χ0n) is 11.3. The number of hydrogen-bond donors (Lipinski definition) is 0. The third-order valence-corrected chi connectivity index (χ3v) is 3.21. The monoisotopic (exact) mass is 280 g/mol. The molecule has 0 spiro atoms. The normalized spacial score (nSPS) is 11.3. The molecule has 0 bridgehead atoms. The lowest BCUT2D eigenvalue weighted by atomic mass is 10.1. The van der Waals surface area contributed by atoms with E-state index >= 15 is 0 Å². The summed E-state index contributed by atoms with van der Waals surface area (Å²) < 4.78 is 10.1. The van der Waals surface area contributed by atoms with E-state index in [4.69, 9.17) is 4.42 Å². The van der Waals surface area contributed by atoms with E-state index in [0.717, 1.165) is 27.5 Å². The van der Waals surface area contributed by atoms with Gasteiger partial charge < -0.3 is 9.15 Å². The van der Waals surface area contributed by atoms with Gasteiger partial charge in [0.05, 0.1) is 7.11 Å². The molecule has 21 heavy (non-hydrogen) atoms. The number of hydrogen-bond acceptors (Lipinski definition) is 4. The summed E-state index contributed by atoms with van der Waals surface area (Å²) in [6, 6.07) is 13.3. The van der Waals surface area contributed by atoms with Gasteiger partial charge in [-0.2, -0.15) is 0 Å². The molecular formula is C17H12O4. The first-order valence-corrected chi connectivity index (χ1v) is 6.40. The van der Waals surface area contributed by atoms with Crippen LogP contribution in [0, 0.1) is 0 Å². The number of ketones is 1. The van der Waals surface area contributed by atoms with E-state index in [9.17, 15) is 9.59 Å². The van der Waals surface area contributed by atoms with Crippen LogP contribution in [0.1, 0.15) is 5.56 Å². The Morgan fingerprint density at radius 3 is 2.62 bits per heavy atom. The second kappa shape index (κ2) is 5.25. The van der Waals surface area contributed by atoms with Crippen LogP contribution in [0.25, 0.3) is 28.0 Å². The smallest absolute Gasteiger partial charge is 0.378 e. The number of methoxy groups -OCH3 is 1. The quantitative estimate of drug-likeness (QED) is 0.419. The highest BCUT2D eigenvalue weighted by atomic mass is 16.5. The number of esters is 1. The van der Waals surface area contributed by atoms with Crippen molar-refractivity contribution >= 4 is 39.8 Å². The molecule has 4 nitrogen and oxygen atoms in total. The van der Waals surface area contributed by atoms with Crippen LogP contribution in [0.3, 0.4) is 0 Å². The Morgan fingerprint density at radius 1 is 1.05 bits per heavy atom. The van der Waals surface area contributed by atoms with Crippen LogP contribution in [-0.2, 0) is 14.3 Å². The standard InChI is InChI=1S/C17H12O4/c1-20-17(19)14(18)8-6-11-7-9-16-13(10-11)12-4-2-3-5-15(12)21-16/h2-10H,1H3/b8-6+. The number of ether oxygens (including phenoxy) is 1. The Kier molecular flexibility index (Phi) is 3.28. The molecule has 0 unspecified atom stereocenters. The lowest BCUT2D eigenvalue weighted by molar-refractivity contribution is -0.149. The van der Waals surface area contributed by atoms with Gasteiger partial charge in [-0.15, -0.1) is 0 Å². The zero-order valence-corrected chi connectivity index (χ0v) is 11.3. The van der Waals surface area contributed by atoms with Gasteiger partial charge in [-0.1, -0.05) is 30.3 Å². The molecule has 2 aromatic carbocycles. The number of benzene rings is 2. The molecule has 0 fully saturated rings. The predicted molar refractivity (Wildman–Crippen MR) is 79.8 cm³/mol. The first-order chi connectivity index (χ1) is 10.2. The zero-order chi connectivity index (χ0) is 14.8. The molecule has 0 aliphatic carbocycles. The Morgan fingerprint density at radius 2 is 1.81 bits per heavy atom. The predicted octanol–water partition coefficient (Wildman–Crippen LogP) is 3.34. The lowest BCUT2D eigenvalue weighted by Crippen LogP contribution is -2.11. The molecule has 4 heteroatoms. The van der Waals surface area contributed by atoms with Crippen molar-refractivity contribution in [1.82, 2.24) is 0 Å². The van der Waals surface area contributed by atoms with Gasteiger partial charge >= 0.3 is 5.97 Å². The largest absolute Gasteiger partial charge is 0.463 e. The molecule has 0 radical (unpaired) electrons. The molecule has 0 aliphatic rings. The topological polar surface area (TPSA) is 56.5 Å². The molecule has 1 heterocycles. The summed E-state index contributed by atoms with van der Waals surface area (Å²) in [6.07, 6.45) is 2.79. The minimum Gasteiger partial charge on any atom is -0.463 e. The fraction of sp³-hybridized carbons (Fsp3) is 0.0588. The first-order valence-electron chi connectivity index (χ1n) is 6.40.